The van der Waals surface area contributed by atoms with Crippen LogP contribution in [0.15, 0.2) is 23.8 Å². The van der Waals surface area contributed by atoms with Gasteiger partial charge in [0, 0.05) is 5.92 Å². The minimum atomic E-state index is -1.09. The first-order chi connectivity index (χ1) is 7.03. The molecule has 0 aromatic heterocycles. The van der Waals surface area contributed by atoms with Gasteiger partial charge in [-0.1, -0.05) is 23.8 Å². The van der Waals surface area contributed by atoms with Crippen molar-refractivity contribution in [2.75, 3.05) is 0 Å². The Hall–Kier alpha value is -0.800. The number of alkyl halides is 1. The molecule has 3 N–H and O–H groups in total. The Morgan fingerprint density at radius 1 is 1.67 bits per heavy atom. The SMILES string of the molecule is NC1(C(=O)O)CCC2C(=CC=CC2Cl)C1. The molecule has 15 heavy (non-hydrogen) atoms. The quantitative estimate of drug-likeness (QED) is 0.670. The molecule has 2 rings (SSSR count). The summed E-state index contributed by atoms with van der Waals surface area (Å²) in [5.41, 5.74) is 5.83. The summed E-state index contributed by atoms with van der Waals surface area (Å²) in [4.78, 5) is 11.0. The third-order valence-electron chi connectivity index (χ3n) is 3.31. The van der Waals surface area contributed by atoms with Crippen LogP contribution in [-0.2, 0) is 4.79 Å². The molecule has 0 bridgehead atoms. The van der Waals surface area contributed by atoms with E-state index in [0.717, 1.165) is 12.0 Å². The van der Waals surface area contributed by atoms with Crippen LogP contribution < -0.4 is 5.73 Å². The number of rotatable bonds is 1. The molecular weight excluding hydrogens is 214 g/mol. The average Bonchev–Trinajstić information content (AvgIpc) is 2.17. The molecule has 0 radical (unpaired) electrons. The number of carboxylic acid groups (broad SMARTS) is 1. The summed E-state index contributed by atoms with van der Waals surface area (Å²) in [7, 11) is 0. The molecule has 0 aliphatic heterocycles. The van der Waals surface area contributed by atoms with Crippen molar-refractivity contribution < 1.29 is 9.90 Å². The Bertz CT molecular complexity index is 350. The Morgan fingerprint density at radius 2 is 2.40 bits per heavy atom. The molecule has 0 heterocycles. The van der Waals surface area contributed by atoms with Crippen LogP contribution in [0.5, 0.6) is 0 Å². The van der Waals surface area contributed by atoms with Gasteiger partial charge in [-0.25, -0.2) is 0 Å². The van der Waals surface area contributed by atoms with Crippen LogP contribution in [0.2, 0.25) is 0 Å². The third kappa shape index (κ3) is 1.82. The highest BCUT2D eigenvalue weighted by molar-refractivity contribution is 6.22. The second kappa shape index (κ2) is 3.65. The molecule has 2 aliphatic carbocycles. The molecule has 0 saturated heterocycles. The number of allylic oxidation sites excluding steroid dienone is 3. The standard InChI is InChI=1S/C11H14ClNO2/c12-9-3-1-2-7-6-11(13,10(14)15)5-4-8(7)9/h1-3,8-9H,4-6,13H2,(H,14,15). The lowest BCUT2D eigenvalue weighted by molar-refractivity contribution is -0.144. The molecule has 1 saturated carbocycles. The van der Waals surface area contributed by atoms with Gasteiger partial charge >= 0.3 is 5.97 Å². The van der Waals surface area contributed by atoms with Gasteiger partial charge < -0.3 is 10.8 Å². The summed E-state index contributed by atoms with van der Waals surface area (Å²) in [5.74, 6) is -0.643. The largest absolute Gasteiger partial charge is 0.480 e. The third-order valence-corrected chi connectivity index (χ3v) is 3.76. The lowest BCUT2D eigenvalue weighted by Crippen LogP contribution is -2.52. The maximum Gasteiger partial charge on any atom is 0.324 e. The molecular formula is C11H14ClNO2. The van der Waals surface area contributed by atoms with Gasteiger partial charge in [-0.3, -0.25) is 4.79 Å². The molecule has 2 aliphatic rings. The van der Waals surface area contributed by atoms with Gasteiger partial charge in [0.2, 0.25) is 0 Å². The number of fused-ring (bicyclic) bond motifs is 1. The van der Waals surface area contributed by atoms with E-state index in [-0.39, 0.29) is 11.3 Å². The fourth-order valence-corrected chi connectivity index (χ4v) is 2.70. The number of nitrogens with two attached hydrogens (primary N) is 1. The number of carboxylic acids is 1. The van der Waals surface area contributed by atoms with Crippen molar-refractivity contribution in [2.24, 2.45) is 11.7 Å². The monoisotopic (exact) mass is 227 g/mol. The van der Waals surface area contributed by atoms with Crippen LogP contribution in [0.1, 0.15) is 19.3 Å². The molecule has 0 aromatic rings. The Morgan fingerprint density at radius 3 is 3.07 bits per heavy atom. The maximum atomic E-state index is 11.0. The molecule has 1 fully saturated rings. The second-order valence-corrected chi connectivity index (χ2v) is 4.86. The summed E-state index contributed by atoms with van der Waals surface area (Å²) in [6, 6.07) is 0. The van der Waals surface area contributed by atoms with Crippen LogP contribution in [0.25, 0.3) is 0 Å². The summed E-state index contributed by atoms with van der Waals surface area (Å²) < 4.78 is 0. The van der Waals surface area contributed by atoms with E-state index in [1.807, 2.05) is 18.2 Å². The van der Waals surface area contributed by atoms with Crippen molar-refractivity contribution in [1.29, 1.82) is 0 Å². The molecule has 0 amide bonds. The smallest absolute Gasteiger partial charge is 0.324 e. The van der Waals surface area contributed by atoms with E-state index in [4.69, 9.17) is 22.4 Å². The van der Waals surface area contributed by atoms with Crippen molar-refractivity contribution in [3.63, 3.8) is 0 Å². The van der Waals surface area contributed by atoms with Crippen LogP contribution in [-0.4, -0.2) is 22.0 Å². The highest BCUT2D eigenvalue weighted by Gasteiger charge is 2.42. The molecule has 4 heteroatoms. The summed E-state index contributed by atoms with van der Waals surface area (Å²) in [6.07, 6.45) is 7.46. The minimum absolute atomic E-state index is 0.0108. The predicted octanol–water partition coefficient (Wildman–Crippen LogP) is 1.67. The molecule has 3 atom stereocenters. The van der Waals surface area contributed by atoms with E-state index in [2.05, 4.69) is 0 Å². The summed E-state index contributed by atoms with van der Waals surface area (Å²) in [6.45, 7) is 0. The summed E-state index contributed by atoms with van der Waals surface area (Å²) >= 11 is 6.15. The van der Waals surface area contributed by atoms with E-state index in [0.29, 0.717) is 12.8 Å². The molecule has 3 nitrogen and oxygen atoms in total. The maximum absolute atomic E-state index is 11.0. The van der Waals surface area contributed by atoms with E-state index in [9.17, 15) is 4.79 Å². The van der Waals surface area contributed by atoms with Gasteiger partial charge in [0.15, 0.2) is 0 Å². The number of halogens is 1. The van der Waals surface area contributed by atoms with Gasteiger partial charge in [-0.15, -0.1) is 11.6 Å². The lowest BCUT2D eigenvalue weighted by atomic mass is 9.71. The predicted molar refractivity (Wildman–Crippen MR) is 58.8 cm³/mol. The van der Waals surface area contributed by atoms with Crippen molar-refractivity contribution in [2.45, 2.75) is 30.2 Å². The lowest BCUT2D eigenvalue weighted by Gasteiger charge is -2.38. The number of carbonyl (C=O) groups is 1. The topological polar surface area (TPSA) is 63.3 Å². The summed E-state index contributed by atoms with van der Waals surface area (Å²) in [5, 5.41) is 9.04. The Kier molecular flexibility index (Phi) is 2.61. The van der Waals surface area contributed by atoms with Gasteiger partial charge in [0.05, 0.1) is 5.38 Å². The Balaban J connectivity index is 2.22. The molecule has 3 unspecified atom stereocenters. The normalized spacial score (nSPS) is 39.5. The molecule has 0 spiro atoms. The zero-order chi connectivity index (χ0) is 11.1. The molecule has 82 valence electrons. The van der Waals surface area contributed by atoms with Crippen LogP contribution >= 0.6 is 11.6 Å². The number of hydrogen-bond acceptors (Lipinski definition) is 2. The van der Waals surface area contributed by atoms with Crippen molar-refractivity contribution in [3.8, 4) is 0 Å². The van der Waals surface area contributed by atoms with Crippen molar-refractivity contribution in [3.05, 3.63) is 23.8 Å². The average molecular weight is 228 g/mol. The van der Waals surface area contributed by atoms with Crippen molar-refractivity contribution in [1.82, 2.24) is 0 Å². The van der Waals surface area contributed by atoms with Crippen molar-refractivity contribution >= 4 is 17.6 Å². The second-order valence-electron chi connectivity index (χ2n) is 4.35. The van der Waals surface area contributed by atoms with Crippen LogP contribution in [0.3, 0.4) is 0 Å². The van der Waals surface area contributed by atoms with E-state index in [1.54, 1.807) is 0 Å². The van der Waals surface area contributed by atoms with Gasteiger partial charge in [-0.05, 0) is 19.3 Å². The first-order valence-corrected chi connectivity index (χ1v) is 5.50. The van der Waals surface area contributed by atoms with Gasteiger partial charge in [0.1, 0.15) is 5.54 Å². The Labute approximate surface area is 93.6 Å². The zero-order valence-corrected chi connectivity index (χ0v) is 9.07. The van der Waals surface area contributed by atoms with Gasteiger partial charge in [-0.2, -0.15) is 0 Å². The molecule has 0 aromatic carbocycles. The van der Waals surface area contributed by atoms with Gasteiger partial charge in [0.25, 0.3) is 0 Å². The van der Waals surface area contributed by atoms with E-state index in [1.165, 1.54) is 0 Å². The van der Waals surface area contributed by atoms with E-state index >= 15 is 0 Å². The zero-order valence-electron chi connectivity index (χ0n) is 8.32. The fourth-order valence-electron chi connectivity index (χ4n) is 2.33. The number of aliphatic carboxylic acids is 1. The fraction of sp³-hybridized carbons (Fsp3) is 0.545. The van der Waals surface area contributed by atoms with Crippen LogP contribution in [0, 0.1) is 5.92 Å². The van der Waals surface area contributed by atoms with E-state index < -0.39 is 11.5 Å². The first kappa shape index (κ1) is 10.7. The van der Waals surface area contributed by atoms with Crippen LogP contribution in [0.4, 0.5) is 0 Å². The minimum Gasteiger partial charge on any atom is -0.480 e. The highest BCUT2D eigenvalue weighted by Crippen LogP contribution is 2.40. The number of hydrogen-bond donors (Lipinski definition) is 2. The highest BCUT2D eigenvalue weighted by atomic mass is 35.5. The first-order valence-electron chi connectivity index (χ1n) is 5.06.